The van der Waals surface area contributed by atoms with Crippen molar-refractivity contribution in [1.29, 1.82) is 0 Å². The summed E-state index contributed by atoms with van der Waals surface area (Å²) in [7, 11) is 0.648. The second-order valence-corrected chi connectivity index (χ2v) is 8.14. The lowest BCUT2D eigenvalue weighted by molar-refractivity contribution is -0.150. The van der Waals surface area contributed by atoms with Crippen LogP contribution < -0.4 is 0 Å². The Morgan fingerprint density at radius 2 is 1.84 bits per heavy atom. The molecule has 2 saturated heterocycles. The van der Waals surface area contributed by atoms with E-state index in [1.807, 2.05) is 0 Å². The van der Waals surface area contributed by atoms with E-state index >= 15 is 0 Å². The average molecular weight is 289 g/mol. The predicted molar refractivity (Wildman–Crippen MR) is 72.5 cm³/mol. The SMILES string of the molecule is COC(=O)C1CCN(C)CC1C1CCS(=O)(=O)CC1. The van der Waals surface area contributed by atoms with Crippen LogP contribution >= 0.6 is 0 Å². The molecule has 0 saturated carbocycles. The Bertz CT molecular complexity index is 420. The maximum atomic E-state index is 11.9. The van der Waals surface area contributed by atoms with Crippen LogP contribution in [0.15, 0.2) is 0 Å². The van der Waals surface area contributed by atoms with Crippen molar-refractivity contribution in [2.75, 3.05) is 38.8 Å². The molecule has 2 atom stereocenters. The molecule has 2 aliphatic rings. The van der Waals surface area contributed by atoms with Gasteiger partial charge in [-0.25, -0.2) is 8.42 Å². The first kappa shape index (κ1) is 14.8. The minimum atomic E-state index is -2.84. The Balaban J connectivity index is 2.08. The number of likely N-dealkylation sites (tertiary alicyclic amines) is 1. The molecule has 0 aromatic heterocycles. The first-order valence-corrected chi connectivity index (χ1v) is 8.72. The second-order valence-electron chi connectivity index (χ2n) is 5.83. The number of hydrogen-bond donors (Lipinski definition) is 0. The van der Waals surface area contributed by atoms with Crippen molar-refractivity contribution in [1.82, 2.24) is 4.90 Å². The van der Waals surface area contributed by atoms with E-state index in [4.69, 9.17) is 4.74 Å². The van der Waals surface area contributed by atoms with Gasteiger partial charge < -0.3 is 9.64 Å². The van der Waals surface area contributed by atoms with E-state index in [0.717, 1.165) is 19.5 Å². The van der Waals surface area contributed by atoms with Gasteiger partial charge in [-0.05, 0) is 44.7 Å². The highest BCUT2D eigenvalue weighted by Crippen LogP contribution is 2.36. The zero-order chi connectivity index (χ0) is 14.0. The number of esters is 1. The summed E-state index contributed by atoms with van der Waals surface area (Å²) in [4.78, 5) is 14.1. The van der Waals surface area contributed by atoms with Crippen molar-refractivity contribution < 1.29 is 17.9 Å². The molecule has 0 amide bonds. The highest BCUT2D eigenvalue weighted by Gasteiger charge is 2.40. The van der Waals surface area contributed by atoms with Crippen molar-refractivity contribution in [3.05, 3.63) is 0 Å². The van der Waals surface area contributed by atoms with Crippen LogP contribution in [0.1, 0.15) is 19.3 Å². The molecule has 0 radical (unpaired) electrons. The van der Waals surface area contributed by atoms with Gasteiger partial charge in [-0.2, -0.15) is 0 Å². The second kappa shape index (κ2) is 5.79. The number of methoxy groups -OCH3 is 1. The van der Waals surface area contributed by atoms with Crippen LogP contribution in [0, 0.1) is 17.8 Å². The smallest absolute Gasteiger partial charge is 0.309 e. The van der Waals surface area contributed by atoms with E-state index in [9.17, 15) is 13.2 Å². The van der Waals surface area contributed by atoms with Crippen molar-refractivity contribution in [2.45, 2.75) is 19.3 Å². The largest absolute Gasteiger partial charge is 0.469 e. The molecule has 2 heterocycles. The molecule has 19 heavy (non-hydrogen) atoms. The molecule has 0 bridgehead atoms. The molecule has 5 nitrogen and oxygen atoms in total. The number of carbonyl (C=O) groups excluding carboxylic acids is 1. The van der Waals surface area contributed by atoms with E-state index in [1.54, 1.807) is 0 Å². The molecule has 6 heteroatoms. The summed E-state index contributed by atoms with van der Waals surface area (Å²) >= 11 is 0. The minimum Gasteiger partial charge on any atom is -0.469 e. The van der Waals surface area contributed by atoms with Gasteiger partial charge in [0.1, 0.15) is 9.84 Å². The number of rotatable bonds is 2. The summed E-state index contributed by atoms with van der Waals surface area (Å²) < 4.78 is 27.9. The van der Waals surface area contributed by atoms with Gasteiger partial charge in [0.05, 0.1) is 24.5 Å². The van der Waals surface area contributed by atoms with Gasteiger partial charge in [0, 0.05) is 6.54 Å². The Hall–Kier alpha value is -0.620. The number of nitrogens with zero attached hydrogens (tertiary/aromatic N) is 1. The molecule has 2 aliphatic heterocycles. The maximum absolute atomic E-state index is 11.9. The van der Waals surface area contributed by atoms with Crippen LogP contribution in [-0.4, -0.2) is 58.0 Å². The summed E-state index contributed by atoms with van der Waals surface area (Å²) in [6.07, 6.45) is 2.19. The molecule has 0 N–H and O–H groups in total. The first-order valence-electron chi connectivity index (χ1n) is 6.90. The van der Waals surface area contributed by atoms with Gasteiger partial charge >= 0.3 is 5.97 Å². The lowest BCUT2D eigenvalue weighted by Gasteiger charge is -2.40. The molecule has 2 fully saturated rings. The quantitative estimate of drug-likeness (QED) is 0.695. The monoisotopic (exact) mass is 289 g/mol. The molecule has 0 aliphatic carbocycles. The summed E-state index contributed by atoms with van der Waals surface area (Å²) in [5.74, 6) is 0.910. The van der Waals surface area contributed by atoms with E-state index in [-0.39, 0.29) is 29.3 Å². The molecular formula is C13H23NO4S. The molecule has 0 aromatic rings. The number of hydrogen-bond acceptors (Lipinski definition) is 5. The standard InChI is InChI=1S/C13H23NO4S/c1-14-6-3-11(13(15)18-2)12(9-14)10-4-7-19(16,17)8-5-10/h10-12H,3-9H2,1-2H3. The van der Waals surface area contributed by atoms with Gasteiger partial charge in [-0.15, -0.1) is 0 Å². The topological polar surface area (TPSA) is 63.7 Å². The third-order valence-corrected chi connectivity index (χ3v) is 6.29. The zero-order valence-corrected chi connectivity index (χ0v) is 12.5. The summed E-state index contributed by atoms with van der Waals surface area (Å²) in [5.41, 5.74) is 0. The number of ether oxygens (including phenoxy) is 1. The van der Waals surface area contributed by atoms with Crippen LogP contribution in [-0.2, 0) is 19.4 Å². The Kier molecular flexibility index (Phi) is 4.50. The van der Waals surface area contributed by atoms with Gasteiger partial charge in [0.25, 0.3) is 0 Å². The molecule has 0 aromatic carbocycles. The minimum absolute atomic E-state index is 0.0630. The third-order valence-electron chi connectivity index (χ3n) is 4.57. The van der Waals surface area contributed by atoms with E-state index in [1.165, 1.54) is 7.11 Å². The van der Waals surface area contributed by atoms with Crippen molar-refractivity contribution in [2.24, 2.45) is 17.8 Å². The molecule has 0 spiro atoms. The molecule has 110 valence electrons. The van der Waals surface area contributed by atoms with Crippen LogP contribution in [0.3, 0.4) is 0 Å². The van der Waals surface area contributed by atoms with Gasteiger partial charge in [-0.1, -0.05) is 0 Å². The van der Waals surface area contributed by atoms with Crippen molar-refractivity contribution in [3.8, 4) is 0 Å². The summed E-state index contributed by atoms with van der Waals surface area (Å²) in [6.45, 7) is 1.77. The maximum Gasteiger partial charge on any atom is 0.309 e. The van der Waals surface area contributed by atoms with Crippen LogP contribution in [0.25, 0.3) is 0 Å². The average Bonchev–Trinajstić information content (AvgIpc) is 2.38. The number of carbonyl (C=O) groups is 1. The Morgan fingerprint density at radius 1 is 1.21 bits per heavy atom. The fourth-order valence-electron chi connectivity index (χ4n) is 3.41. The highest BCUT2D eigenvalue weighted by atomic mass is 32.2. The van der Waals surface area contributed by atoms with Gasteiger partial charge in [0.15, 0.2) is 0 Å². The Labute approximate surface area is 115 Å². The van der Waals surface area contributed by atoms with E-state index in [2.05, 4.69) is 11.9 Å². The van der Waals surface area contributed by atoms with Gasteiger partial charge in [-0.3, -0.25) is 4.79 Å². The first-order chi connectivity index (χ1) is 8.93. The van der Waals surface area contributed by atoms with Crippen LogP contribution in [0.2, 0.25) is 0 Å². The molecular weight excluding hydrogens is 266 g/mol. The van der Waals surface area contributed by atoms with Crippen LogP contribution in [0.4, 0.5) is 0 Å². The van der Waals surface area contributed by atoms with Gasteiger partial charge in [0.2, 0.25) is 0 Å². The zero-order valence-electron chi connectivity index (χ0n) is 11.7. The van der Waals surface area contributed by atoms with Crippen LogP contribution in [0.5, 0.6) is 0 Å². The number of sulfone groups is 1. The lowest BCUT2D eigenvalue weighted by Crippen LogP contribution is -2.46. The van der Waals surface area contributed by atoms with E-state index in [0.29, 0.717) is 18.8 Å². The summed E-state index contributed by atoms with van der Waals surface area (Å²) in [5, 5.41) is 0. The number of piperidine rings is 1. The third kappa shape index (κ3) is 3.48. The normalized spacial score (nSPS) is 32.9. The fourth-order valence-corrected chi connectivity index (χ4v) is 4.94. The molecule has 2 rings (SSSR count). The van der Waals surface area contributed by atoms with Crippen molar-refractivity contribution >= 4 is 15.8 Å². The predicted octanol–water partition coefficient (Wildman–Crippen LogP) is 0.552. The lowest BCUT2D eigenvalue weighted by atomic mass is 9.75. The molecule has 2 unspecified atom stereocenters. The van der Waals surface area contributed by atoms with E-state index < -0.39 is 9.84 Å². The fraction of sp³-hybridized carbons (Fsp3) is 0.923. The highest BCUT2D eigenvalue weighted by molar-refractivity contribution is 7.91. The Morgan fingerprint density at radius 3 is 2.42 bits per heavy atom. The summed E-state index contributed by atoms with van der Waals surface area (Å²) in [6, 6.07) is 0. The van der Waals surface area contributed by atoms with Crippen molar-refractivity contribution in [3.63, 3.8) is 0 Å².